The second kappa shape index (κ2) is 12.0. The van der Waals surface area contributed by atoms with E-state index in [0.717, 1.165) is 11.1 Å². The van der Waals surface area contributed by atoms with Gasteiger partial charge in [-0.3, -0.25) is 19.2 Å². The Morgan fingerprint density at radius 1 is 0.857 bits per heavy atom. The topological polar surface area (TPSA) is 177 Å². The van der Waals surface area contributed by atoms with Gasteiger partial charge in [0.1, 0.15) is 23.4 Å². The van der Waals surface area contributed by atoms with Crippen LogP contribution in [-0.2, 0) is 32.0 Å². The summed E-state index contributed by atoms with van der Waals surface area (Å²) in [5, 5.41) is 17.1. The maximum absolute atomic E-state index is 12.9. The molecule has 0 spiro atoms. The summed E-state index contributed by atoms with van der Waals surface area (Å²) in [6, 6.07) is 12.4. The Labute approximate surface area is 204 Å². The summed E-state index contributed by atoms with van der Waals surface area (Å²) in [6.45, 7) is 4.41. The highest BCUT2D eigenvalue weighted by atomic mass is 16.3. The molecule has 0 saturated carbocycles. The second-order valence-electron chi connectivity index (χ2n) is 8.94. The van der Waals surface area contributed by atoms with E-state index in [2.05, 4.69) is 16.0 Å². The van der Waals surface area contributed by atoms with Gasteiger partial charge in [0.15, 0.2) is 0 Å². The Bertz CT molecular complexity index is 1040. The minimum atomic E-state index is -1.32. The van der Waals surface area contributed by atoms with Crippen molar-refractivity contribution in [3.05, 3.63) is 65.7 Å². The monoisotopic (exact) mass is 483 g/mol. The third kappa shape index (κ3) is 8.42. The lowest BCUT2D eigenvalue weighted by molar-refractivity contribution is -0.134. The summed E-state index contributed by atoms with van der Waals surface area (Å²) in [5.41, 5.74) is 11.5. The first-order valence-corrected chi connectivity index (χ1v) is 11.2. The van der Waals surface area contributed by atoms with E-state index in [0.29, 0.717) is 0 Å². The minimum Gasteiger partial charge on any atom is -0.508 e. The van der Waals surface area contributed by atoms with Crippen LogP contribution in [0.3, 0.4) is 0 Å². The zero-order valence-corrected chi connectivity index (χ0v) is 20.1. The van der Waals surface area contributed by atoms with Crippen LogP contribution in [-0.4, -0.2) is 52.4 Å². The summed E-state index contributed by atoms with van der Waals surface area (Å²) in [6.07, 6.45) is 0.371. The predicted molar refractivity (Wildman–Crippen MR) is 131 cm³/mol. The number of nitrogens with one attached hydrogen (secondary N) is 3. The van der Waals surface area contributed by atoms with Crippen molar-refractivity contribution in [1.29, 1.82) is 0 Å². The molecule has 4 amide bonds. The predicted octanol–water partition coefficient (Wildman–Crippen LogP) is -0.126. The van der Waals surface area contributed by atoms with E-state index in [1.54, 1.807) is 36.4 Å². The second-order valence-corrected chi connectivity index (χ2v) is 8.94. The Balaban J connectivity index is 2.04. The van der Waals surface area contributed by atoms with Crippen molar-refractivity contribution in [2.75, 3.05) is 0 Å². The van der Waals surface area contributed by atoms with E-state index in [-0.39, 0.29) is 18.6 Å². The molecule has 188 valence electrons. The van der Waals surface area contributed by atoms with Gasteiger partial charge < -0.3 is 32.5 Å². The van der Waals surface area contributed by atoms with Crippen LogP contribution in [0.25, 0.3) is 0 Å². The number of hydrogen-bond acceptors (Lipinski definition) is 6. The molecular weight excluding hydrogens is 450 g/mol. The van der Waals surface area contributed by atoms with Crippen LogP contribution >= 0.6 is 0 Å². The van der Waals surface area contributed by atoms with E-state index >= 15 is 0 Å². The van der Waals surface area contributed by atoms with Gasteiger partial charge >= 0.3 is 0 Å². The SMILES string of the molecule is C[C@@H](NC(=O)[C@@H](N)Cc1ccc(O)cc1)C(=O)N[C@@H](Cc1ccccc1)C(=O)NC(C)(C)C(N)=O. The van der Waals surface area contributed by atoms with Crippen molar-refractivity contribution in [3.63, 3.8) is 0 Å². The number of phenols is 1. The molecule has 2 aromatic rings. The van der Waals surface area contributed by atoms with Crippen molar-refractivity contribution in [2.24, 2.45) is 11.5 Å². The third-order valence-corrected chi connectivity index (χ3v) is 5.45. The molecule has 0 fully saturated rings. The Morgan fingerprint density at radius 2 is 1.43 bits per heavy atom. The van der Waals surface area contributed by atoms with Crippen LogP contribution in [0, 0.1) is 0 Å². The summed E-state index contributed by atoms with van der Waals surface area (Å²) >= 11 is 0. The smallest absolute Gasteiger partial charge is 0.243 e. The summed E-state index contributed by atoms with van der Waals surface area (Å²) in [5.74, 6) is -2.35. The number of benzene rings is 2. The van der Waals surface area contributed by atoms with Gasteiger partial charge in [-0.25, -0.2) is 0 Å². The Morgan fingerprint density at radius 3 is 2.00 bits per heavy atom. The van der Waals surface area contributed by atoms with E-state index in [9.17, 15) is 24.3 Å². The molecule has 10 heteroatoms. The largest absolute Gasteiger partial charge is 0.508 e. The third-order valence-electron chi connectivity index (χ3n) is 5.45. The normalized spacial score (nSPS) is 13.7. The molecule has 0 radical (unpaired) electrons. The van der Waals surface area contributed by atoms with Crippen molar-refractivity contribution in [1.82, 2.24) is 16.0 Å². The molecule has 0 aliphatic carbocycles. The molecule has 0 unspecified atom stereocenters. The Kier molecular flexibility index (Phi) is 9.35. The van der Waals surface area contributed by atoms with Gasteiger partial charge in [-0.15, -0.1) is 0 Å². The average Bonchev–Trinajstić information content (AvgIpc) is 2.80. The number of amides is 4. The maximum Gasteiger partial charge on any atom is 0.243 e. The van der Waals surface area contributed by atoms with Crippen LogP contribution in [0.2, 0.25) is 0 Å². The fourth-order valence-corrected chi connectivity index (χ4v) is 3.18. The van der Waals surface area contributed by atoms with Crippen molar-refractivity contribution < 1.29 is 24.3 Å². The van der Waals surface area contributed by atoms with E-state index in [4.69, 9.17) is 11.5 Å². The highest BCUT2D eigenvalue weighted by Gasteiger charge is 2.32. The van der Waals surface area contributed by atoms with Crippen molar-refractivity contribution >= 4 is 23.6 Å². The quantitative estimate of drug-likeness (QED) is 0.259. The number of primary amides is 1. The van der Waals surface area contributed by atoms with Gasteiger partial charge in [-0.05, 0) is 50.5 Å². The number of aromatic hydroxyl groups is 1. The molecule has 8 N–H and O–H groups in total. The molecule has 0 bridgehead atoms. The molecule has 2 aromatic carbocycles. The minimum absolute atomic E-state index is 0.102. The van der Waals surface area contributed by atoms with E-state index in [1.807, 2.05) is 6.07 Å². The highest BCUT2D eigenvalue weighted by molar-refractivity contribution is 5.95. The lowest BCUT2D eigenvalue weighted by Crippen LogP contribution is -2.60. The van der Waals surface area contributed by atoms with Gasteiger partial charge in [0.2, 0.25) is 23.6 Å². The molecule has 3 atom stereocenters. The molecule has 0 aromatic heterocycles. The van der Waals surface area contributed by atoms with E-state index < -0.39 is 47.3 Å². The van der Waals surface area contributed by atoms with E-state index in [1.165, 1.54) is 32.9 Å². The van der Waals surface area contributed by atoms with Crippen molar-refractivity contribution in [3.8, 4) is 5.75 Å². The summed E-state index contributed by atoms with van der Waals surface area (Å²) < 4.78 is 0. The van der Waals surface area contributed by atoms with Gasteiger partial charge in [0.05, 0.1) is 6.04 Å². The molecule has 0 heterocycles. The number of nitrogens with two attached hydrogens (primary N) is 2. The fourth-order valence-electron chi connectivity index (χ4n) is 3.18. The maximum atomic E-state index is 12.9. The first-order valence-electron chi connectivity index (χ1n) is 11.2. The number of rotatable bonds is 11. The number of carbonyl (C=O) groups is 4. The molecule has 0 aliphatic heterocycles. The van der Waals surface area contributed by atoms with Gasteiger partial charge in [0.25, 0.3) is 0 Å². The number of carbonyl (C=O) groups excluding carboxylic acids is 4. The summed E-state index contributed by atoms with van der Waals surface area (Å²) in [4.78, 5) is 49.9. The zero-order chi connectivity index (χ0) is 26.2. The highest BCUT2D eigenvalue weighted by Crippen LogP contribution is 2.11. The zero-order valence-electron chi connectivity index (χ0n) is 20.1. The molecule has 10 nitrogen and oxygen atoms in total. The van der Waals surface area contributed by atoms with Crippen molar-refractivity contribution in [2.45, 2.75) is 57.3 Å². The van der Waals surface area contributed by atoms with Gasteiger partial charge in [-0.1, -0.05) is 42.5 Å². The van der Waals surface area contributed by atoms with Gasteiger partial charge in [-0.2, -0.15) is 0 Å². The first kappa shape index (κ1) is 27.3. The van der Waals surface area contributed by atoms with Crippen LogP contribution in [0.15, 0.2) is 54.6 Å². The van der Waals surface area contributed by atoms with Gasteiger partial charge in [0, 0.05) is 6.42 Å². The average molecular weight is 484 g/mol. The molecule has 2 rings (SSSR count). The van der Waals surface area contributed by atoms with Crippen LogP contribution in [0.4, 0.5) is 0 Å². The van der Waals surface area contributed by atoms with Crippen LogP contribution in [0.5, 0.6) is 5.75 Å². The lowest BCUT2D eigenvalue weighted by Gasteiger charge is -2.27. The number of phenolic OH excluding ortho intramolecular Hbond substituents is 1. The summed E-state index contributed by atoms with van der Waals surface area (Å²) in [7, 11) is 0. The number of hydrogen-bond donors (Lipinski definition) is 6. The fraction of sp³-hybridized carbons (Fsp3) is 0.360. The first-order chi connectivity index (χ1) is 16.4. The lowest BCUT2D eigenvalue weighted by atomic mass is 10.0. The van der Waals surface area contributed by atoms with Crippen LogP contribution < -0.4 is 27.4 Å². The molecular formula is C25H33N5O5. The molecule has 35 heavy (non-hydrogen) atoms. The Hall–Kier alpha value is -3.92. The van der Waals surface area contributed by atoms with Crippen LogP contribution in [0.1, 0.15) is 31.9 Å². The molecule has 0 saturated heterocycles. The molecule has 0 aliphatic rings. The standard InChI is InChI=1S/C25H33N5O5/c1-15(28-22(33)19(26)13-17-9-11-18(31)12-10-17)21(32)29-20(14-16-7-5-4-6-8-16)23(34)30-25(2,3)24(27)35/h4-12,15,19-20,31H,13-14,26H2,1-3H3,(H2,27,35)(H,28,33)(H,29,32)(H,30,34)/t15-,19+,20+/m1/s1.